The van der Waals surface area contributed by atoms with Crippen molar-refractivity contribution < 1.29 is 9.31 Å². The molecule has 3 aliphatic carbocycles. The van der Waals surface area contributed by atoms with Crippen LogP contribution in [0.5, 0.6) is 0 Å². The van der Waals surface area contributed by atoms with Crippen LogP contribution in [0.1, 0.15) is 44.7 Å². The van der Waals surface area contributed by atoms with Crippen LogP contribution in [0.2, 0.25) is 0 Å². The van der Waals surface area contributed by atoms with Gasteiger partial charge in [0.1, 0.15) is 0 Å². The van der Waals surface area contributed by atoms with Gasteiger partial charge in [-0.25, -0.2) is 0 Å². The molecule has 1 heterocycles. The fourth-order valence-corrected chi connectivity index (χ4v) is 5.17. The first kappa shape index (κ1) is 18.3. The molecule has 3 nitrogen and oxygen atoms in total. The van der Waals surface area contributed by atoms with Gasteiger partial charge in [-0.3, -0.25) is 0 Å². The summed E-state index contributed by atoms with van der Waals surface area (Å²) < 4.78 is 12.7. The summed E-state index contributed by atoms with van der Waals surface area (Å²) >= 11 is 0. The number of hydrogen-bond donors (Lipinski definition) is 1. The topological polar surface area (TPSA) is 44.5 Å². The van der Waals surface area contributed by atoms with Gasteiger partial charge in [-0.2, -0.15) is 0 Å². The predicted molar refractivity (Wildman–Crippen MR) is 100 cm³/mol. The van der Waals surface area contributed by atoms with Crippen molar-refractivity contribution in [2.75, 3.05) is 0 Å². The number of nitrogens with two attached hydrogens (primary N) is 1. The quantitative estimate of drug-likeness (QED) is 0.849. The normalized spacial score (nSPS) is 37.2. The zero-order valence-corrected chi connectivity index (χ0v) is 15.9. The van der Waals surface area contributed by atoms with Crippen molar-refractivity contribution in [2.24, 2.45) is 23.0 Å². The van der Waals surface area contributed by atoms with Crippen LogP contribution < -0.4 is 5.73 Å². The minimum atomic E-state index is -0.276. The van der Waals surface area contributed by atoms with Gasteiger partial charge in [0.25, 0.3) is 0 Å². The van der Waals surface area contributed by atoms with E-state index in [-0.39, 0.29) is 37.2 Å². The van der Waals surface area contributed by atoms with Crippen LogP contribution in [0, 0.1) is 24.2 Å². The lowest BCUT2D eigenvalue weighted by Gasteiger charge is -2.64. The summed E-state index contributed by atoms with van der Waals surface area (Å²) in [5.74, 6) is 1.26. The molecule has 1 aromatic rings. The van der Waals surface area contributed by atoms with Gasteiger partial charge in [0.2, 0.25) is 0 Å². The molecule has 0 spiro atoms. The Balaban J connectivity index is 0.00000169. The lowest BCUT2D eigenvalue weighted by atomic mass is 9.43. The average Bonchev–Trinajstić information content (AvgIpc) is 2.86. The molecule has 1 aromatic carbocycles. The van der Waals surface area contributed by atoms with Crippen LogP contribution in [0.3, 0.4) is 0 Å². The zero-order valence-electron chi connectivity index (χ0n) is 15.1. The van der Waals surface area contributed by atoms with Crippen LogP contribution in [-0.4, -0.2) is 24.8 Å². The highest BCUT2D eigenvalue weighted by atomic mass is 35.5. The molecular formula is C19H29BClNO2. The van der Waals surface area contributed by atoms with Crippen molar-refractivity contribution in [1.29, 1.82) is 0 Å². The second kappa shape index (κ2) is 6.01. The monoisotopic (exact) mass is 349 g/mol. The summed E-state index contributed by atoms with van der Waals surface area (Å²) in [4.78, 5) is 0. The molecule has 24 heavy (non-hydrogen) atoms. The van der Waals surface area contributed by atoms with E-state index in [9.17, 15) is 0 Å². The van der Waals surface area contributed by atoms with Crippen molar-refractivity contribution >= 4 is 19.5 Å². The molecule has 4 aliphatic rings. The van der Waals surface area contributed by atoms with Gasteiger partial charge < -0.3 is 15.0 Å². The molecule has 3 saturated carbocycles. The summed E-state index contributed by atoms with van der Waals surface area (Å²) in [6, 6.07) is 8.57. The Bertz CT molecular complexity index is 608. The number of halogens is 1. The largest absolute Gasteiger partial charge is 0.475 e. The first-order chi connectivity index (χ1) is 10.8. The fraction of sp³-hybridized carbons (Fsp3) is 0.684. The summed E-state index contributed by atoms with van der Waals surface area (Å²) in [7, 11) is -0.276. The third-order valence-corrected chi connectivity index (χ3v) is 6.91. The number of hydrogen-bond acceptors (Lipinski definition) is 3. The van der Waals surface area contributed by atoms with Gasteiger partial charge in [0.15, 0.2) is 0 Å². The molecule has 3 unspecified atom stereocenters. The second-order valence-electron chi connectivity index (χ2n) is 8.69. The second-order valence-corrected chi connectivity index (χ2v) is 8.69. The van der Waals surface area contributed by atoms with Crippen LogP contribution in [0.4, 0.5) is 0 Å². The first-order valence-electron chi connectivity index (χ1n) is 8.95. The molecule has 2 bridgehead atoms. The van der Waals surface area contributed by atoms with Gasteiger partial charge in [-0.05, 0) is 55.9 Å². The molecule has 4 fully saturated rings. The van der Waals surface area contributed by atoms with E-state index in [0.29, 0.717) is 11.3 Å². The molecule has 5 atom stereocenters. The zero-order chi connectivity index (χ0) is 16.4. The van der Waals surface area contributed by atoms with Crippen LogP contribution in [0.25, 0.3) is 0 Å². The Labute approximate surface area is 152 Å². The van der Waals surface area contributed by atoms with Gasteiger partial charge >= 0.3 is 7.12 Å². The van der Waals surface area contributed by atoms with E-state index in [0.717, 1.165) is 18.8 Å². The maximum Gasteiger partial charge on any atom is 0.475 e. The summed E-state index contributed by atoms with van der Waals surface area (Å²) in [6.07, 6.45) is 3.41. The number of aryl methyl sites for hydroxylation is 1. The molecule has 0 amide bonds. The highest BCUT2D eigenvalue weighted by Crippen LogP contribution is 2.65. The molecule has 1 aliphatic heterocycles. The van der Waals surface area contributed by atoms with Crippen LogP contribution in [0.15, 0.2) is 24.3 Å². The molecule has 1 saturated heterocycles. The molecule has 2 N–H and O–H groups in total. The van der Waals surface area contributed by atoms with Crippen molar-refractivity contribution in [2.45, 2.75) is 64.6 Å². The minimum Gasteiger partial charge on any atom is -0.404 e. The predicted octanol–water partition coefficient (Wildman–Crippen LogP) is 3.55. The standard InChI is InChI=1S/C19H28BNO2.ClH/c1-12-5-7-13(8-6-12)9-17(21)20-22-16-11-14-10-15(18(14,2)3)19(16,4)23-20;/h5-8,14-17H,9-11,21H2,1-4H3;1H/t14?,15?,16-,17?,19+;/m1./s1. The molecular weight excluding hydrogens is 320 g/mol. The van der Waals surface area contributed by atoms with Crippen molar-refractivity contribution in [1.82, 2.24) is 0 Å². The Hall–Kier alpha value is -0.545. The fourth-order valence-electron chi connectivity index (χ4n) is 5.17. The summed E-state index contributed by atoms with van der Waals surface area (Å²) in [5, 5.41) is 0. The van der Waals surface area contributed by atoms with Gasteiger partial charge in [0, 0.05) is 5.94 Å². The van der Waals surface area contributed by atoms with E-state index in [4.69, 9.17) is 15.0 Å². The molecule has 5 rings (SSSR count). The Morgan fingerprint density at radius 1 is 1.21 bits per heavy atom. The molecule has 5 heteroatoms. The van der Waals surface area contributed by atoms with Crippen molar-refractivity contribution in [3.05, 3.63) is 35.4 Å². The maximum atomic E-state index is 6.45. The van der Waals surface area contributed by atoms with Gasteiger partial charge in [-0.15, -0.1) is 12.4 Å². The van der Waals surface area contributed by atoms with E-state index < -0.39 is 0 Å². The molecule has 0 aromatic heterocycles. The summed E-state index contributed by atoms with van der Waals surface area (Å²) in [5.41, 5.74) is 9.18. The smallest absolute Gasteiger partial charge is 0.404 e. The van der Waals surface area contributed by atoms with E-state index in [1.54, 1.807) is 0 Å². The van der Waals surface area contributed by atoms with E-state index in [1.165, 1.54) is 17.5 Å². The summed E-state index contributed by atoms with van der Waals surface area (Å²) in [6.45, 7) is 9.12. The van der Waals surface area contributed by atoms with Crippen molar-refractivity contribution in [3.8, 4) is 0 Å². The molecule has 132 valence electrons. The van der Waals surface area contributed by atoms with Gasteiger partial charge in [-0.1, -0.05) is 43.7 Å². The first-order valence-corrected chi connectivity index (χ1v) is 8.95. The Morgan fingerprint density at radius 3 is 2.50 bits per heavy atom. The van der Waals surface area contributed by atoms with E-state index in [1.807, 2.05) is 0 Å². The SMILES string of the molecule is Cc1ccc(CC(N)B2O[C@@H]3CC4CC(C4(C)C)[C@]3(C)O2)cc1.Cl. The Kier molecular flexibility index (Phi) is 4.57. The van der Waals surface area contributed by atoms with Crippen LogP contribution in [-0.2, 0) is 15.7 Å². The average molecular weight is 350 g/mol. The number of rotatable bonds is 3. The number of benzene rings is 1. The lowest BCUT2D eigenvalue weighted by molar-refractivity contribution is -0.199. The lowest BCUT2D eigenvalue weighted by Crippen LogP contribution is -2.65. The van der Waals surface area contributed by atoms with E-state index >= 15 is 0 Å². The maximum absolute atomic E-state index is 6.45. The van der Waals surface area contributed by atoms with Crippen LogP contribution >= 0.6 is 12.4 Å². The Morgan fingerprint density at radius 2 is 1.88 bits per heavy atom. The van der Waals surface area contributed by atoms with Crippen molar-refractivity contribution in [3.63, 3.8) is 0 Å². The highest BCUT2D eigenvalue weighted by molar-refractivity contribution is 6.47. The molecule has 0 radical (unpaired) electrons. The highest BCUT2D eigenvalue weighted by Gasteiger charge is 2.68. The van der Waals surface area contributed by atoms with Gasteiger partial charge in [0.05, 0.1) is 11.7 Å². The van der Waals surface area contributed by atoms with E-state index in [2.05, 4.69) is 52.0 Å². The third kappa shape index (κ3) is 2.63. The minimum absolute atomic E-state index is 0. The third-order valence-electron chi connectivity index (χ3n) is 6.91.